The van der Waals surface area contributed by atoms with E-state index in [-0.39, 0.29) is 16.8 Å². The normalized spacial score (nSPS) is 10.9. The highest BCUT2D eigenvalue weighted by Crippen LogP contribution is 2.41. The molecule has 3 aromatic carbocycles. The molecule has 1 aliphatic carbocycles. The number of nitrogens with two attached hydrogens (primary N) is 1. The number of benzene rings is 4. The molecule has 194 valence electrons. The minimum Gasteiger partial charge on any atom is -0.465 e. The molecule has 7 heteroatoms. The first kappa shape index (κ1) is 25.5. The first-order valence-corrected chi connectivity index (χ1v) is 12.4. The molecule has 0 aromatic heterocycles. The van der Waals surface area contributed by atoms with Gasteiger partial charge in [0.25, 0.3) is 5.91 Å². The maximum absolute atomic E-state index is 13.0. The van der Waals surface area contributed by atoms with Gasteiger partial charge in [-0.05, 0) is 59.5 Å². The van der Waals surface area contributed by atoms with Crippen LogP contribution in [0.15, 0.2) is 89.9 Å². The van der Waals surface area contributed by atoms with Crippen LogP contribution < -0.4 is 16.4 Å². The van der Waals surface area contributed by atoms with Gasteiger partial charge in [-0.2, -0.15) is 0 Å². The number of methoxy groups -OCH3 is 1. The molecule has 1 amide bonds. The molecule has 0 atom stereocenters. The lowest BCUT2D eigenvalue weighted by Gasteiger charge is -2.18. The third-order valence-electron chi connectivity index (χ3n) is 6.62. The lowest BCUT2D eigenvalue weighted by Crippen LogP contribution is -2.26. The molecule has 3 aromatic rings. The third kappa shape index (κ3) is 5.15. The van der Waals surface area contributed by atoms with Crippen molar-refractivity contribution in [3.8, 4) is 22.5 Å². The number of fused-ring (bicyclic) bond motifs is 2. The summed E-state index contributed by atoms with van der Waals surface area (Å²) < 4.78 is 11.2. The van der Waals surface area contributed by atoms with E-state index in [1.54, 1.807) is 54.6 Å². The summed E-state index contributed by atoms with van der Waals surface area (Å²) in [6.45, 7) is 4.20. The maximum Gasteiger partial charge on any atom is 0.338 e. The van der Waals surface area contributed by atoms with Crippen molar-refractivity contribution in [1.82, 2.24) is 5.32 Å². The van der Waals surface area contributed by atoms with E-state index >= 15 is 0 Å². The summed E-state index contributed by atoms with van der Waals surface area (Å²) in [5, 5.41) is 12.0. The molecule has 0 radical (unpaired) electrons. The van der Waals surface area contributed by atoms with Gasteiger partial charge in [-0.1, -0.05) is 43.0 Å². The van der Waals surface area contributed by atoms with Crippen molar-refractivity contribution in [1.29, 1.82) is 5.41 Å². The third-order valence-corrected chi connectivity index (χ3v) is 6.62. The van der Waals surface area contributed by atoms with E-state index in [1.165, 1.54) is 7.11 Å². The number of nitrogens with one attached hydrogen (secondary N) is 2. The molecule has 1 aliphatic heterocycles. The minimum absolute atomic E-state index is 0.241. The van der Waals surface area contributed by atoms with Crippen LogP contribution in [0.3, 0.4) is 0 Å². The zero-order chi connectivity index (χ0) is 27.5. The number of hydrogen-bond acceptors (Lipinski definition) is 6. The lowest BCUT2D eigenvalue weighted by atomic mass is 9.89. The number of nitrogen functional groups attached to an aromatic ring is 1. The number of hydrogen-bond donors (Lipinski definition) is 3. The highest BCUT2D eigenvalue weighted by Gasteiger charge is 2.23. The van der Waals surface area contributed by atoms with Crippen LogP contribution >= 0.6 is 0 Å². The van der Waals surface area contributed by atoms with Gasteiger partial charge in [0.2, 0.25) is 0 Å². The van der Waals surface area contributed by atoms with Crippen LogP contribution in [0.2, 0.25) is 0 Å². The number of esters is 1. The molecule has 0 saturated heterocycles. The summed E-state index contributed by atoms with van der Waals surface area (Å²) >= 11 is 0. The topological polar surface area (TPSA) is 118 Å². The molecule has 7 nitrogen and oxygen atoms in total. The standard InChI is InChI=1S/C32H27N3O4/c1-3-19-4-6-20(7-5-19)14-15-35-31(36)21-8-11-24(27(16-21)32(37)38-2)30-25-12-9-22(33)17-28(25)39-29-18-23(34)10-13-26(29)30/h3-13,16-18,33H,1,14-15,34H2,2H3,(H,35,36). The maximum atomic E-state index is 13.0. The molecule has 0 bridgehead atoms. The second-order valence-electron chi connectivity index (χ2n) is 9.15. The average Bonchev–Trinajstić information content (AvgIpc) is 2.95. The van der Waals surface area contributed by atoms with Crippen molar-refractivity contribution in [3.05, 3.63) is 113 Å². The van der Waals surface area contributed by atoms with E-state index in [1.807, 2.05) is 30.3 Å². The van der Waals surface area contributed by atoms with Gasteiger partial charge in [-0.3, -0.25) is 4.79 Å². The van der Waals surface area contributed by atoms with Gasteiger partial charge in [0.15, 0.2) is 0 Å². The Morgan fingerprint density at radius 2 is 1.77 bits per heavy atom. The van der Waals surface area contributed by atoms with Gasteiger partial charge >= 0.3 is 5.97 Å². The summed E-state index contributed by atoms with van der Waals surface area (Å²) in [5.41, 5.74) is 11.8. The van der Waals surface area contributed by atoms with Gasteiger partial charge < -0.3 is 25.6 Å². The Balaban J connectivity index is 1.53. The molecule has 1 heterocycles. The number of anilines is 1. The van der Waals surface area contributed by atoms with E-state index in [2.05, 4.69) is 11.9 Å². The van der Waals surface area contributed by atoms with Crippen molar-refractivity contribution >= 4 is 34.6 Å². The molecule has 0 fully saturated rings. The van der Waals surface area contributed by atoms with Gasteiger partial charge in [-0.25, -0.2) is 4.79 Å². The number of amides is 1. The number of carbonyl (C=O) groups excluding carboxylic acids is 2. The molecule has 5 rings (SSSR count). The van der Waals surface area contributed by atoms with E-state index in [4.69, 9.17) is 20.3 Å². The second kappa shape index (κ2) is 10.7. The van der Waals surface area contributed by atoms with Crippen molar-refractivity contribution in [2.45, 2.75) is 6.42 Å². The van der Waals surface area contributed by atoms with Crippen molar-refractivity contribution in [2.24, 2.45) is 0 Å². The monoisotopic (exact) mass is 517 g/mol. The molecule has 0 unspecified atom stereocenters. The van der Waals surface area contributed by atoms with Crippen LogP contribution in [0.25, 0.3) is 39.5 Å². The van der Waals surface area contributed by atoms with Gasteiger partial charge in [0, 0.05) is 46.4 Å². The minimum atomic E-state index is -0.573. The van der Waals surface area contributed by atoms with Crippen LogP contribution in [-0.4, -0.2) is 25.5 Å². The summed E-state index contributed by atoms with van der Waals surface area (Å²) in [7, 11) is 1.31. The Bertz CT molecular complexity index is 1750. The first-order valence-electron chi connectivity index (χ1n) is 12.4. The Kier molecular flexibility index (Phi) is 6.97. The second-order valence-corrected chi connectivity index (χ2v) is 9.15. The predicted molar refractivity (Wildman–Crippen MR) is 152 cm³/mol. The van der Waals surface area contributed by atoms with Crippen LogP contribution in [0.5, 0.6) is 0 Å². The predicted octanol–water partition coefficient (Wildman–Crippen LogP) is 5.67. The Hall–Kier alpha value is -5.17. The average molecular weight is 518 g/mol. The molecule has 4 N–H and O–H groups in total. The summed E-state index contributed by atoms with van der Waals surface area (Å²) in [6, 6.07) is 23.3. The molecule has 39 heavy (non-hydrogen) atoms. The lowest BCUT2D eigenvalue weighted by molar-refractivity contribution is 0.0601. The van der Waals surface area contributed by atoms with E-state index in [9.17, 15) is 9.59 Å². The summed E-state index contributed by atoms with van der Waals surface area (Å²) in [4.78, 5) is 26.0. The van der Waals surface area contributed by atoms with Gasteiger partial charge in [0.05, 0.1) is 18.0 Å². The smallest absolute Gasteiger partial charge is 0.338 e. The summed E-state index contributed by atoms with van der Waals surface area (Å²) in [6.07, 6.45) is 2.45. The van der Waals surface area contributed by atoms with Gasteiger partial charge in [0.1, 0.15) is 11.3 Å². The Morgan fingerprint density at radius 3 is 2.51 bits per heavy atom. The fourth-order valence-corrected chi connectivity index (χ4v) is 4.62. The van der Waals surface area contributed by atoms with Crippen molar-refractivity contribution < 1.29 is 18.7 Å². The molecular formula is C32H27N3O4. The van der Waals surface area contributed by atoms with Crippen LogP contribution in [0.4, 0.5) is 5.69 Å². The Labute approximate surface area is 225 Å². The Morgan fingerprint density at radius 1 is 1.00 bits per heavy atom. The molecular weight excluding hydrogens is 490 g/mol. The van der Waals surface area contributed by atoms with Crippen molar-refractivity contribution in [3.63, 3.8) is 0 Å². The zero-order valence-electron chi connectivity index (χ0n) is 21.4. The van der Waals surface area contributed by atoms with E-state index in [0.717, 1.165) is 22.1 Å². The van der Waals surface area contributed by atoms with Crippen LogP contribution in [0.1, 0.15) is 31.8 Å². The van der Waals surface area contributed by atoms with Crippen LogP contribution in [-0.2, 0) is 11.2 Å². The van der Waals surface area contributed by atoms with E-state index in [0.29, 0.717) is 46.7 Å². The largest absolute Gasteiger partial charge is 0.465 e. The number of ether oxygens (including phenoxy) is 1. The number of carbonyl (C=O) groups is 2. The van der Waals surface area contributed by atoms with Crippen molar-refractivity contribution in [2.75, 3.05) is 19.4 Å². The zero-order valence-corrected chi connectivity index (χ0v) is 21.4. The SMILES string of the molecule is C=Cc1ccc(CCNC(=O)c2ccc(-c3c4ccc(=N)cc-4oc4cc(N)ccc34)c(C(=O)OC)c2)cc1. The molecule has 2 aliphatic rings. The quantitative estimate of drug-likeness (QED) is 0.146. The molecule has 0 saturated carbocycles. The van der Waals surface area contributed by atoms with Crippen LogP contribution in [0, 0.1) is 5.41 Å². The first-order chi connectivity index (χ1) is 18.9. The van der Waals surface area contributed by atoms with E-state index < -0.39 is 5.97 Å². The fraction of sp³-hybridized carbons (Fsp3) is 0.0938. The fourth-order valence-electron chi connectivity index (χ4n) is 4.62. The van der Waals surface area contributed by atoms with Gasteiger partial charge in [-0.15, -0.1) is 0 Å². The highest BCUT2D eigenvalue weighted by molar-refractivity contribution is 6.09. The summed E-state index contributed by atoms with van der Waals surface area (Å²) in [5.74, 6) is -0.384. The molecule has 0 spiro atoms. The number of rotatable bonds is 7. The highest BCUT2D eigenvalue weighted by atomic mass is 16.5.